The molecule has 25 heavy (non-hydrogen) atoms. The average molecular weight is 367 g/mol. The van der Waals surface area contributed by atoms with E-state index in [-0.39, 0.29) is 6.10 Å². The minimum atomic E-state index is -2.21. The van der Waals surface area contributed by atoms with Gasteiger partial charge in [-0.1, -0.05) is 52.4 Å². The third-order valence-corrected chi connectivity index (χ3v) is 13.5. The van der Waals surface area contributed by atoms with Gasteiger partial charge in [0, 0.05) is 17.5 Å². The molecule has 0 spiro atoms. The Hall–Kier alpha value is 0.190. The van der Waals surface area contributed by atoms with Crippen molar-refractivity contribution in [1.29, 1.82) is 0 Å². The standard InChI is InChI=1S/C22H39O2P/c1-22(2)16-13-20(22)19(21(23)14-16)15-25(24,17-9-5-3-6-10-17)18-11-7-4-8-12-18/h16-21,23H,3-15H2,1-2H3/t16-,19-,20+,21-/m0/s1. The summed E-state index contributed by atoms with van der Waals surface area (Å²) in [5, 5.41) is 10.8. The third-order valence-electron chi connectivity index (χ3n) is 8.97. The summed E-state index contributed by atoms with van der Waals surface area (Å²) in [6, 6.07) is 0. The van der Waals surface area contributed by atoms with Gasteiger partial charge >= 0.3 is 0 Å². The van der Waals surface area contributed by atoms with Gasteiger partial charge in [-0.15, -0.1) is 0 Å². The minimum absolute atomic E-state index is 0.183. The molecule has 5 saturated carbocycles. The predicted octanol–water partition coefficient (Wildman–Crippen LogP) is 6.06. The van der Waals surface area contributed by atoms with Gasteiger partial charge in [0.15, 0.2) is 0 Å². The number of aliphatic hydroxyl groups is 1. The molecule has 3 heteroatoms. The lowest BCUT2D eigenvalue weighted by atomic mass is 9.45. The van der Waals surface area contributed by atoms with Crippen LogP contribution in [-0.4, -0.2) is 28.7 Å². The maximum Gasteiger partial charge on any atom is 0.0939 e. The first-order valence-corrected chi connectivity index (χ1v) is 13.2. The molecule has 1 N–H and O–H groups in total. The Morgan fingerprint density at radius 3 is 1.88 bits per heavy atom. The minimum Gasteiger partial charge on any atom is -0.393 e. The molecule has 5 aliphatic rings. The Morgan fingerprint density at radius 1 is 0.880 bits per heavy atom. The van der Waals surface area contributed by atoms with Gasteiger partial charge in [-0.2, -0.15) is 0 Å². The Kier molecular flexibility index (Phi) is 5.17. The van der Waals surface area contributed by atoms with Gasteiger partial charge in [0.05, 0.1) is 13.2 Å². The summed E-state index contributed by atoms with van der Waals surface area (Å²) in [4.78, 5) is 0. The Morgan fingerprint density at radius 2 is 1.40 bits per heavy atom. The zero-order valence-corrected chi connectivity index (χ0v) is 17.4. The van der Waals surface area contributed by atoms with Crippen LogP contribution >= 0.6 is 7.14 Å². The highest BCUT2D eigenvalue weighted by molar-refractivity contribution is 7.65. The van der Waals surface area contributed by atoms with Gasteiger partial charge in [-0.25, -0.2) is 0 Å². The van der Waals surface area contributed by atoms with E-state index in [1.807, 2.05) is 0 Å². The Balaban J connectivity index is 1.58. The van der Waals surface area contributed by atoms with Crippen LogP contribution in [0.25, 0.3) is 0 Å². The highest BCUT2D eigenvalue weighted by Crippen LogP contribution is 2.68. The molecular weight excluding hydrogens is 327 g/mol. The van der Waals surface area contributed by atoms with Crippen molar-refractivity contribution in [2.24, 2.45) is 23.2 Å². The van der Waals surface area contributed by atoms with Crippen LogP contribution in [-0.2, 0) is 4.57 Å². The molecule has 5 rings (SSSR count). The van der Waals surface area contributed by atoms with Gasteiger partial charge in [-0.3, -0.25) is 0 Å². The van der Waals surface area contributed by atoms with E-state index < -0.39 is 7.14 Å². The molecule has 5 fully saturated rings. The zero-order valence-electron chi connectivity index (χ0n) is 16.5. The van der Waals surface area contributed by atoms with Crippen LogP contribution < -0.4 is 0 Å². The second kappa shape index (κ2) is 6.97. The first-order chi connectivity index (χ1) is 11.9. The molecule has 0 radical (unpaired) electrons. The molecule has 144 valence electrons. The van der Waals surface area contributed by atoms with Crippen molar-refractivity contribution >= 4 is 7.14 Å². The number of fused-ring (bicyclic) bond motifs is 2. The van der Waals surface area contributed by atoms with Crippen LogP contribution in [0.4, 0.5) is 0 Å². The van der Waals surface area contributed by atoms with Crippen LogP contribution in [0.15, 0.2) is 0 Å². The highest BCUT2D eigenvalue weighted by Gasteiger charge is 2.59. The summed E-state index contributed by atoms with van der Waals surface area (Å²) < 4.78 is 14.6. The lowest BCUT2D eigenvalue weighted by Crippen LogP contribution is -2.58. The van der Waals surface area contributed by atoms with E-state index in [1.165, 1.54) is 70.6 Å². The fraction of sp³-hybridized carbons (Fsp3) is 1.00. The van der Waals surface area contributed by atoms with Crippen LogP contribution in [0.2, 0.25) is 0 Å². The molecule has 5 aliphatic carbocycles. The first kappa shape index (κ1) is 18.5. The normalized spacial score (nSPS) is 39.8. The van der Waals surface area contributed by atoms with Gasteiger partial charge in [0.1, 0.15) is 0 Å². The average Bonchev–Trinajstić information content (AvgIpc) is 2.64. The number of hydrogen-bond acceptors (Lipinski definition) is 2. The van der Waals surface area contributed by atoms with Crippen molar-refractivity contribution < 1.29 is 9.67 Å². The van der Waals surface area contributed by atoms with E-state index in [0.717, 1.165) is 12.6 Å². The van der Waals surface area contributed by atoms with E-state index >= 15 is 0 Å². The van der Waals surface area contributed by atoms with Crippen LogP contribution in [0.1, 0.15) is 90.9 Å². The van der Waals surface area contributed by atoms with Crippen molar-refractivity contribution in [3.05, 3.63) is 0 Å². The maximum absolute atomic E-state index is 14.6. The Bertz CT molecular complexity index is 494. The van der Waals surface area contributed by atoms with E-state index in [4.69, 9.17) is 0 Å². The summed E-state index contributed by atoms with van der Waals surface area (Å²) in [5.74, 6) is 1.63. The summed E-state index contributed by atoms with van der Waals surface area (Å²) in [6.45, 7) is 4.80. The van der Waals surface area contributed by atoms with Crippen molar-refractivity contribution in [1.82, 2.24) is 0 Å². The second-order valence-electron chi connectivity index (χ2n) is 10.4. The number of rotatable bonds is 4. The molecule has 2 nitrogen and oxygen atoms in total. The number of hydrogen-bond donors (Lipinski definition) is 1. The topological polar surface area (TPSA) is 37.3 Å². The quantitative estimate of drug-likeness (QED) is 0.614. The van der Waals surface area contributed by atoms with E-state index in [1.54, 1.807) is 0 Å². The molecule has 0 saturated heterocycles. The van der Waals surface area contributed by atoms with E-state index in [0.29, 0.717) is 34.5 Å². The van der Waals surface area contributed by atoms with Gasteiger partial charge in [0.25, 0.3) is 0 Å². The lowest BCUT2D eigenvalue weighted by Gasteiger charge is -2.62. The van der Waals surface area contributed by atoms with E-state index in [2.05, 4.69) is 13.8 Å². The largest absolute Gasteiger partial charge is 0.393 e. The van der Waals surface area contributed by atoms with Crippen LogP contribution in [0, 0.1) is 23.2 Å². The molecule has 0 aromatic carbocycles. The maximum atomic E-state index is 14.6. The summed E-state index contributed by atoms with van der Waals surface area (Å²) in [7, 11) is -2.21. The summed E-state index contributed by atoms with van der Waals surface area (Å²) in [6.07, 6.45) is 15.6. The molecule has 4 atom stereocenters. The van der Waals surface area contributed by atoms with Gasteiger partial charge < -0.3 is 9.67 Å². The fourth-order valence-corrected chi connectivity index (χ4v) is 12.0. The SMILES string of the molecule is CC1(C)[C@H]2C[C@@H]1[C@H](CP(=O)(C1CCCCC1)C1CCCCC1)[C@@H](O)C2. The smallest absolute Gasteiger partial charge is 0.0939 e. The van der Waals surface area contributed by atoms with Crippen LogP contribution in [0.5, 0.6) is 0 Å². The predicted molar refractivity (Wildman–Crippen MR) is 106 cm³/mol. The van der Waals surface area contributed by atoms with E-state index in [9.17, 15) is 9.67 Å². The summed E-state index contributed by atoms with van der Waals surface area (Å²) >= 11 is 0. The van der Waals surface area contributed by atoms with Crippen molar-refractivity contribution in [3.8, 4) is 0 Å². The first-order valence-electron chi connectivity index (χ1n) is 11.2. The molecule has 0 unspecified atom stereocenters. The molecule has 0 heterocycles. The monoisotopic (exact) mass is 366 g/mol. The molecule has 0 aliphatic heterocycles. The van der Waals surface area contributed by atoms with Crippen molar-refractivity contribution in [3.63, 3.8) is 0 Å². The van der Waals surface area contributed by atoms with Gasteiger partial charge in [-0.05, 0) is 61.7 Å². The molecule has 2 bridgehead atoms. The van der Waals surface area contributed by atoms with Gasteiger partial charge in [0.2, 0.25) is 0 Å². The van der Waals surface area contributed by atoms with Crippen LogP contribution in [0.3, 0.4) is 0 Å². The molecule has 0 aromatic rings. The third kappa shape index (κ3) is 3.18. The lowest BCUT2D eigenvalue weighted by molar-refractivity contribution is -0.153. The molecule has 0 aromatic heterocycles. The zero-order chi connectivity index (χ0) is 17.7. The molecular formula is C22H39O2P. The fourth-order valence-electron chi connectivity index (χ4n) is 7.13. The highest BCUT2D eigenvalue weighted by atomic mass is 31.2. The summed E-state index contributed by atoms with van der Waals surface area (Å²) in [5.41, 5.74) is 1.34. The number of aliphatic hydroxyl groups excluding tert-OH is 1. The van der Waals surface area contributed by atoms with Crippen molar-refractivity contribution in [2.75, 3.05) is 6.16 Å². The molecule has 0 amide bonds. The Labute approximate surface area is 154 Å². The second-order valence-corrected chi connectivity index (χ2v) is 14.0. The van der Waals surface area contributed by atoms with Crippen molar-refractivity contribution in [2.45, 2.75) is 108 Å².